The van der Waals surface area contributed by atoms with Gasteiger partial charge in [-0.1, -0.05) is 23.7 Å². The number of carbonyl (C=O) groups is 2. The van der Waals surface area contributed by atoms with Crippen molar-refractivity contribution < 1.29 is 24.2 Å². The maximum Gasteiger partial charge on any atom is 0.317 e. The number of carboxylic acids is 1. The van der Waals surface area contributed by atoms with E-state index in [-0.39, 0.29) is 18.4 Å². The quantitative estimate of drug-likeness (QED) is 0.283. The summed E-state index contributed by atoms with van der Waals surface area (Å²) in [6.45, 7) is 0.491. The predicted molar refractivity (Wildman–Crippen MR) is 127 cm³/mol. The summed E-state index contributed by atoms with van der Waals surface area (Å²) >= 11 is 6.02. The Bertz CT molecular complexity index is 1050. The topological polar surface area (TPSA) is 84.9 Å². The first-order chi connectivity index (χ1) is 16.0. The Morgan fingerprint density at radius 1 is 0.909 bits per heavy atom. The van der Waals surface area contributed by atoms with Gasteiger partial charge in [0, 0.05) is 16.1 Å². The summed E-state index contributed by atoms with van der Waals surface area (Å²) in [5.41, 5.74) is 2.11. The molecular formula is C26H26ClNO5. The summed E-state index contributed by atoms with van der Waals surface area (Å²) < 4.78 is 11.4. The fourth-order valence-corrected chi connectivity index (χ4v) is 3.46. The lowest BCUT2D eigenvalue weighted by atomic mass is 10.0. The Morgan fingerprint density at radius 2 is 1.48 bits per heavy atom. The van der Waals surface area contributed by atoms with E-state index < -0.39 is 5.97 Å². The molecule has 1 unspecified atom stereocenters. The Hall–Kier alpha value is -3.35. The van der Waals surface area contributed by atoms with Crippen molar-refractivity contribution >= 4 is 23.4 Å². The first-order valence-corrected chi connectivity index (χ1v) is 11.0. The standard InChI is InChI=1S/C26H26ClNO5/c1-32-22-12-6-19(7-13-22)26(31)20-8-14-23(15-9-20)33-24(3-2-16-28-17-25(29)30)18-4-10-21(27)11-5-18/h4-15,24,28H,2-3,16-17H2,1H3,(H,29,30). The summed E-state index contributed by atoms with van der Waals surface area (Å²) in [4.78, 5) is 23.4. The fraction of sp³-hybridized carbons (Fsp3) is 0.231. The molecule has 0 heterocycles. The van der Waals surface area contributed by atoms with Gasteiger partial charge in [-0.2, -0.15) is 0 Å². The smallest absolute Gasteiger partial charge is 0.317 e. The van der Waals surface area contributed by atoms with Crippen molar-refractivity contribution in [1.82, 2.24) is 5.32 Å². The molecule has 6 nitrogen and oxygen atoms in total. The van der Waals surface area contributed by atoms with Crippen LogP contribution in [0.5, 0.6) is 11.5 Å². The molecule has 3 rings (SSSR count). The molecule has 0 aromatic heterocycles. The molecule has 0 aliphatic rings. The second-order valence-corrected chi connectivity index (χ2v) is 7.89. The molecule has 172 valence electrons. The number of ketones is 1. The van der Waals surface area contributed by atoms with Crippen LogP contribution in [0, 0.1) is 0 Å². The maximum absolute atomic E-state index is 12.7. The van der Waals surface area contributed by atoms with Crippen LogP contribution in [-0.4, -0.2) is 37.1 Å². The number of nitrogens with one attached hydrogen (secondary N) is 1. The third-order valence-electron chi connectivity index (χ3n) is 5.08. The highest BCUT2D eigenvalue weighted by atomic mass is 35.5. The molecule has 7 heteroatoms. The summed E-state index contributed by atoms with van der Waals surface area (Å²) in [6, 6.07) is 21.5. The van der Waals surface area contributed by atoms with Gasteiger partial charge >= 0.3 is 5.97 Å². The molecule has 0 amide bonds. The molecule has 0 fully saturated rings. The van der Waals surface area contributed by atoms with Crippen molar-refractivity contribution in [3.63, 3.8) is 0 Å². The van der Waals surface area contributed by atoms with Gasteiger partial charge in [0.15, 0.2) is 5.78 Å². The van der Waals surface area contributed by atoms with Gasteiger partial charge < -0.3 is 19.9 Å². The minimum absolute atomic E-state index is 0.0733. The van der Waals surface area contributed by atoms with Crippen LogP contribution in [0.1, 0.15) is 40.4 Å². The van der Waals surface area contributed by atoms with E-state index in [1.54, 1.807) is 55.6 Å². The van der Waals surface area contributed by atoms with E-state index in [1.165, 1.54) is 0 Å². The molecule has 33 heavy (non-hydrogen) atoms. The van der Waals surface area contributed by atoms with Crippen LogP contribution in [0.4, 0.5) is 0 Å². The zero-order chi connectivity index (χ0) is 23.6. The van der Waals surface area contributed by atoms with E-state index >= 15 is 0 Å². The van der Waals surface area contributed by atoms with Crippen LogP contribution in [0.2, 0.25) is 5.02 Å². The van der Waals surface area contributed by atoms with Gasteiger partial charge in [-0.3, -0.25) is 9.59 Å². The lowest BCUT2D eigenvalue weighted by Crippen LogP contribution is -2.24. The van der Waals surface area contributed by atoms with Crippen LogP contribution >= 0.6 is 11.6 Å². The lowest BCUT2D eigenvalue weighted by Gasteiger charge is -2.20. The Balaban J connectivity index is 1.67. The number of aliphatic carboxylic acids is 1. The normalized spacial score (nSPS) is 11.6. The van der Waals surface area contributed by atoms with Crippen molar-refractivity contribution in [2.75, 3.05) is 20.2 Å². The average Bonchev–Trinajstić information content (AvgIpc) is 2.83. The van der Waals surface area contributed by atoms with E-state index in [9.17, 15) is 9.59 Å². The minimum Gasteiger partial charge on any atom is -0.497 e. The number of rotatable bonds is 12. The molecule has 1 atom stereocenters. The molecule has 0 bridgehead atoms. The van der Waals surface area contributed by atoms with E-state index in [4.69, 9.17) is 26.2 Å². The van der Waals surface area contributed by atoms with Crippen LogP contribution in [0.25, 0.3) is 0 Å². The van der Waals surface area contributed by atoms with Crippen LogP contribution in [0.15, 0.2) is 72.8 Å². The number of hydrogen-bond donors (Lipinski definition) is 2. The fourth-order valence-electron chi connectivity index (χ4n) is 3.34. The van der Waals surface area contributed by atoms with Gasteiger partial charge in [0.25, 0.3) is 0 Å². The van der Waals surface area contributed by atoms with Gasteiger partial charge in [0.05, 0.1) is 13.7 Å². The van der Waals surface area contributed by atoms with Gasteiger partial charge in [-0.25, -0.2) is 0 Å². The summed E-state index contributed by atoms with van der Waals surface area (Å²) in [6.07, 6.45) is 1.17. The zero-order valence-electron chi connectivity index (χ0n) is 18.3. The Kier molecular flexibility index (Phi) is 8.87. The van der Waals surface area contributed by atoms with Gasteiger partial charge in [-0.05, 0) is 85.6 Å². The number of ether oxygens (including phenoxy) is 2. The van der Waals surface area contributed by atoms with Gasteiger partial charge in [-0.15, -0.1) is 0 Å². The third kappa shape index (κ3) is 7.34. The first-order valence-electron chi connectivity index (χ1n) is 10.6. The van der Waals surface area contributed by atoms with Gasteiger partial charge in [0.1, 0.15) is 17.6 Å². The molecular weight excluding hydrogens is 442 g/mol. The lowest BCUT2D eigenvalue weighted by molar-refractivity contribution is -0.135. The highest BCUT2D eigenvalue weighted by molar-refractivity contribution is 6.30. The molecule has 3 aromatic rings. The zero-order valence-corrected chi connectivity index (χ0v) is 19.0. The molecule has 0 spiro atoms. The summed E-state index contributed by atoms with van der Waals surface area (Å²) in [7, 11) is 1.58. The third-order valence-corrected chi connectivity index (χ3v) is 5.34. The maximum atomic E-state index is 12.7. The van der Waals surface area contributed by atoms with E-state index in [2.05, 4.69) is 5.32 Å². The molecule has 0 saturated heterocycles. The largest absolute Gasteiger partial charge is 0.497 e. The number of halogens is 1. The van der Waals surface area contributed by atoms with E-state index in [0.29, 0.717) is 40.6 Å². The first kappa shape index (κ1) is 24.3. The number of benzene rings is 3. The van der Waals surface area contributed by atoms with Crippen molar-refractivity contribution in [2.24, 2.45) is 0 Å². The van der Waals surface area contributed by atoms with Gasteiger partial charge in [0.2, 0.25) is 0 Å². The average molecular weight is 468 g/mol. The summed E-state index contributed by atoms with van der Waals surface area (Å²) in [5.74, 6) is 0.370. The highest BCUT2D eigenvalue weighted by Crippen LogP contribution is 2.28. The SMILES string of the molecule is COc1ccc(C(=O)c2ccc(OC(CCCNCC(=O)O)c3ccc(Cl)cc3)cc2)cc1. The second kappa shape index (κ2) is 12.0. The van der Waals surface area contributed by atoms with Crippen molar-refractivity contribution in [2.45, 2.75) is 18.9 Å². The molecule has 0 aliphatic heterocycles. The highest BCUT2D eigenvalue weighted by Gasteiger charge is 2.15. The van der Waals surface area contributed by atoms with Crippen LogP contribution in [0.3, 0.4) is 0 Å². The predicted octanol–water partition coefficient (Wildman–Crippen LogP) is 5.15. The number of hydrogen-bond acceptors (Lipinski definition) is 5. The Labute approximate surface area is 198 Å². The monoisotopic (exact) mass is 467 g/mol. The second-order valence-electron chi connectivity index (χ2n) is 7.45. The van der Waals surface area contributed by atoms with Crippen molar-refractivity contribution in [3.05, 3.63) is 94.5 Å². The van der Waals surface area contributed by atoms with Crippen molar-refractivity contribution in [3.8, 4) is 11.5 Å². The Morgan fingerprint density at radius 3 is 2.03 bits per heavy atom. The minimum atomic E-state index is -0.884. The molecule has 3 aromatic carbocycles. The number of carbonyl (C=O) groups excluding carboxylic acids is 1. The van der Waals surface area contributed by atoms with E-state index in [1.807, 2.05) is 24.3 Å². The van der Waals surface area contributed by atoms with Crippen molar-refractivity contribution in [1.29, 1.82) is 0 Å². The van der Waals surface area contributed by atoms with Crippen LogP contribution < -0.4 is 14.8 Å². The van der Waals surface area contributed by atoms with Crippen LogP contribution in [-0.2, 0) is 4.79 Å². The van der Waals surface area contributed by atoms with E-state index in [0.717, 1.165) is 12.0 Å². The number of carboxylic acid groups (broad SMARTS) is 1. The summed E-state index contributed by atoms with van der Waals surface area (Å²) in [5, 5.41) is 12.3. The molecule has 0 saturated carbocycles. The number of methoxy groups -OCH3 is 1. The molecule has 2 N–H and O–H groups in total. The molecule has 0 radical (unpaired) electrons. The molecule has 0 aliphatic carbocycles.